The minimum absolute atomic E-state index is 0.287. The van der Waals surface area contributed by atoms with Crippen LogP contribution in [0.25, 0.3) is 0 Å². The van der Waals surface area contributed by atoms with E-state index in [9.17, 15) is 0 Å². The van der Waals surface area contributed by atoms with Crippen molar-refractivity contribution in [3.63, 3.8) is 0 Å². The lowest BCUT2D eigenvalue weighted by Crippen LogP contribution is -2.50. The zero-order valence-corrected chi connectivity index (χ0v) is 11.7. The molecule has 0 radical (unpaired) electrons. The van der Waals surface area contributed by atoms with Crippen molar-refractivity contribution >= 4 is 0 Å². The molecule has 0 saturated carbocycles. The second-order valence-corrected chi connectivity index (χ2v) is 5.32. The predicted octanol–water partition coefficient (Wildman–Crippen LogP) is 2.37. The lowest BCUT2D eigenvalue weighted by atomic mass is 10.1. The molecule has 1 aromatic rings. The molecule has 0 aliphatic carbocycles. The van der Waals surface area contributed by atoms with Gasteiger partial charge in [0.05, 0.1) is 19.3 Å². The highest BCUT2D eigenvalue weighted by atomic mass is 16.5. The number of benzene rings is 1. The van der Waals surface area contributed by atoms with Gasteiger partial charge in [-0.15, -0.1) is 0 Å². The molecule has 1 aliphatic heterocycles. The largest absolute Gasteiger partial charge is 0.492 e. The van der Waals surface area contributed by atoms with Crippen LogP contribution in [0.3, 0.4) is 0 Å². The van der Waals surface area contributed by atoms with Gasteiger partial charge in [-0.05, 0) is 50.5 Å². The fourth-order valence-corrected chi connectivity index (χ4v) is 2.26. The zero-order chi connectivity index (χ0) is 13.1. The molecule has 0 aromatic heterocycles. The van der Waals surface area contributed by atoms with E-state index in [0.29, 0.717) is 12.6 Å². The minimum atomic E-state index is 0.287. The molecule has 3 heteroatoms. The Kier molecular flexibility index (Phi) is 4.25. The Morgan fingerprint density at radius 1 is 1.17 bits per heavy atom. The fourth-order valence-electron chi connectivity index (χ4n) is 2.26. The fraction of sp³-hybridized carbons (Fsp3) is 0.600. The van der Waals surface area contributed by atoms with E-state index in [1.807, 2.05) is 0 Å². The average molecular weight is 249 g/mol. The molecule has 1 aromatic carbocycles. The molecule has 0 bridgehead atoms. The molecule has 18 heavy (non-hydrogen) atoms. The Labute approximate surface area is 109 Å². The van der Waals surface area contributed by atoms with Crippen molar-refractivity contribution < 1.29 is 9.47 Å². The number of ether oxygens (including phenoxy) is 2. The van der Waals surface area contributed by atoms with E-state index in [0.717, 1.165) is 19.0 Å². The number of rotatable bonds is 3. The first-order valence-corrected chi connectivity index (χ1v) is 6.60. The molecule has 2 rings (SSSR count). The van der Waals surface area contributed by atoms with Gasteiger partial charge in [0.25, 0.3) is 0 Å². The standard InChI is InChI=1S/C15H23NO2/c1-10-5-12(3)15(6-11(10)2)18-9-14-8-17-7-13(4)16-14/h5-6,13-14,16H,7-9H2,1-4H3. The van der Waals surface area contributed by atoms with Crippen LogP contribution in [0.4, 0.5) is 0 Å². The first-order valence-electron chi connectivity index (χ1n) is 6.60. The van der Waals surface area contributed by atoms with Gasteiger partial charge in [-0.2, -0.15) is 0 Å². The Morgan fingerprint density at radius 3 is 2.61 bits per heavy atom. The predicted molar refractivity (Wildman–Crippen MR) is 73.4 cm³/mol. The first kappa shape index (κ1) is 13.4. The number of aryl methyl sites for hydroxylation is 3. The van der Waals surface area contributed by atoms with Crippen LogP contribution >= 0.6 is 0 Å². The summed E-state index contributed by atoms with van der Waals surface area (Å²) in [6, 6.07) is 5.00. The van der Waals surface area contributed by atoms with Gasteiger partial charge in [0.2, 0.25) is 0 Å². The topological polar surface area (TPSA) is 30.5 Å². The third-order valence-electron chi connectivity index (χ3n) is 3.44. The van der Waals surface area contributed by atoms with Crippen LogP contribution in [-0.4, -0.2) is 31.9 Å². The number of hydrogen-bond donors (Lipinski definition) is 1. The molecule has 3 nitrogen and oxygen atoms in total. The van der Waals surface area contributed by atoms with Gasteiger partial charge in [-0.25, -0.2) is 0 Å². The highest BCUT2D eigenvalue weighted by Crippen LogP contribution is 2.22. The third kappa shape index (κ3) is 3.24. The second-order valence-electron chi connectivity index (χ2n) is 5.32. The maximum absolute atomic E-state index is 5.92. The molecule has 1 heterocycles. The van der Waals surface area contributed by atoms with Crippen LogP contribution in [-0.2, 0) is 4.74 Å². The maximum atomic E-state index is 5.92. The lowest BCUT2D eigenvalue weighted by Gasteiger charge is -2.29. The number of hydrogen-bond acceptors (Lipinski definition) is 3. The molecular formula is C15H23NO2. The van der Waals surface area contributed by atoms with Crippen LogP contribution in [0.15, 0.2) is 12.1 Å². The summed E-state index contributed by atoms with van der Waals surface area (Å²) in [6.45, 7) is 10.7. The summed E-state index contributed by atoms with van der Waals surface area (Å²) in [7, 11) is 0. The quantitative estimate of drug-likeness (QED) is 0.892. The van der Waals surface area contributed by atoms with Crippen molar-refractivity contribution in [3.05, 3.63) is 28.8 Å². The average Bonchev–Trinajstić information content (AvgIpc) is 2.32. The van der Waals surface area contributed by atoms with Gasteiger partial charge in [0.15, 0.2) is 0 Å². The minimum Gasteiger partial charge on any atom is -0.492 e. The number of nitrogens with one attached hydrogen (secondary N) is 1. The van der Waals surface area contributed by atoms with Gasteiger partial charge < -0.3 is 14.8 Å². The van der Waals surface area contributed by atoms with Crippen molar-refractivity contribution in [1.29, 1.82) is 0 Å². The van der Waals surface area contributed by atoms with Crippen LogP contribution in [0.2, 0.25) is 0 Å². The van der Waals surface area contributed by atoms with E-state index in [1.54, 1.807) is 0 Å². The molecule has 1 aliphatic rings. The van der Waals surface area contributed by atoms with Crippen LogP contribution in [0, 0.1) is 20.8 Å². The Morgan fingerprint density at radius 2 is 1.89 bits per heavy atom. The highest BCUT2D eigenvalue weighted by molar-refractivity contribution is 5.40. The summed E-state index contributed by atoms with van der Waals surface area (Å²) in [5.74, 6) is 0.984. The molecular weight excluding hydrogens is 226 g/mol. The molecule has 0 spiro atoms. The van der Waals surface area contributed by atoms with E-state index < -0.39 is 0 Å². The molecule has 1 saturated heterocycles. The Bertz CT molecular complexity index is 417. The van der Waals surface area contributed by atoms with Crippen molar-refractivity contribution in [1.82, 2.24) is 5.32 Å². The van der Waals surface area contributed by atoms with Crippen molar-refractivity contribution in [2.75, 3.05) is 19.8 Å². The lowest BCUT2D eigenvalue weighted by molar-refractivity contribution is 0.0352. The zero-order valence-electron chi connectivity index (χ0n) is 11.7. The summed E-state index contributed by atoms with van der Waals surface area (Å²) in [5, 5.41) is 3.48. The molecule has 0 amide bonds. The SMILES string of the molecule is Cc1cc(C)c(OCC2COCC(C)N2)cc1C. The Balaban J connectivity index is 1.95. The maximum Gasteiger partial charge on any atom is 0.122 e. The summed E-state index contributed by atoms with van der Waals surface area (Å²) in [5.41, 5.74) is 3.78. The summed E-state index contributed by atoms with van der Waals surface area (Å²) in [6.07, 6.45) is 0. The second kappa shape index (κ2) is 5.72. The van der Waals surface area contributed by atoms with Crippen LogP contribution < -0.4 is 10.1 Å². The normalized spacial score (nSPS) is 24.0. The molecule has 2 unspecified atom stereocenters. The van der Waals surface area contributed by atoms with Gasteiger partial charge in [0.1, 0.15) is 12.4 Å². The van der Waals surface area contributed by atoms with Crippen LogP contribution in [0.1, 0.15) is 23.6 Å². The van der Waals surface area contributed by atoms with E-state index in [4.69, 9.17) is 9.47 Å². The summed E-state index contributed by atoms with van der Waals surface area (Å²) in [4.78, 5) is 0. The van der Waals surface area contributed by atoms with E-state index in [1.165, 1.54) is 16.7 Å². The Hall–Kier alpha value is -1.06. The molecule has 2 atom stereocenters. The van der Waals surface area contributed by atoms with Gasteiger partial charge in [0, 0.05) is 6.04 Å². The third-order valence-corrected chi connectivity index (χ3v) is 3.44. The van der Waals surface area contributed by atoms with Crippen molar-refractivity contribution in [2.24, 2.45) is 0 Å². The molecule has 1 N–H and O–H groups in total. The highest BCUT2D eigenvalue weighted by Gasteiger charge is 2.19. The summed E-state index contributed by atoms with van der Waals surface area (Å²) >= 11 is 0. The van der Waals surface area contributed by atoms with Gasteiger partial charge in [-0.3, -0.25) is 0 Å². The molecule has 100 valence electrons. The number of morpholine rings is 1. The summed E-state index contributed by atoms with van der Waals surface area (Å²) < 4.78 is 11.4. The smallest absolute Gasteiger partial charge is 0.122 e. The monoisotopic (exact) mass is 249 g/mol. The molecule has 1 fully saturated rings. The van der Waals surface area contributed by atoms with E-state index in [2.05, 4.69) is 45.1 Å². The van der Waals surface area contributed by atoms with Gasteiger partial charge in [-0.1, -0.05) is 6.07 Å². The first-order chi connectivity index (χ1) is 8.56. The van der Waals surface area contributed by atoms with Crippen molar-refractivity contribution in [2.45, 2.75) is 39.8 Å². The van der Waals surface area contributed by atoms with Gasteiger partial charge >= 0.3 is 0 Å². The van der Waals surface area contributed by atoms with E-state index >= 15 is 0 Å². The van der Waals surface area contributed by atoms with E-state index in [-0.39, 0.29) is 6.04 Å². The van der Waals surface area contributed by atoms with Crippen molar-refractivity contribution in [3.8, 4) is 5.75 Å². The van der Waals surface area contributed by atoms with Crippen LogP contribution in [0.5, 0.6) is 5.75 Å².